The van der Waals surface area contributed by atoms with E-state index in [1.165, 1.54) is 18.7 Å². The number of carbonyl (C=O) groups excluding carboxylic acids is 2. The summed E-state index contributed by atoms with van der Waals surface area (Å²) in [5.41, 5.74) is 1.28. The van der Waals surface area contributed by atoms with Gasteiger partial charge in [0.05, 0.1) is 20.1 Å². The third-order valence-corrected chi connectivity index (χ3v) is 4.06. The Labute approximate surface area is 121 Å². The minimum atomic E-state index is -0.432. The number of nitrogens with one attached hydrogen (secondary N) is 1. The van der Waals surface area contributed by atoms with Gasteiger partial charge in [0, 0.05) is 17.5 Å². The van der Waals surface area contributed by atoms with Gasteiger partial charge in [0.1, 0.15) is 6.10 Å². The Bertz CT molecular complexity index is 509. The van der Waals surface area contributed by atoms with Crippen LogP contribution >= 0.6 is 11.3 Å². The van der Waals surface area contributed by atoms with Gasteiger partial charge in [-0.2, -0.15) is 0 Å². The third-order valence-electron chi connectivity index (χ3n) is 3.01. The molecule has 0 spiro atoms. The van der Waals surface area contributed by atoms with Gasteiger partial charge in [-0.3, -0.25) is 4.79 Å². The molecular formula is C14H17NO4S. The van der Waals surface area contributed by atoms with Gasteiger partial charge in [-0.25, -0.2) is 4.79 Å². The molecule has 0 aliphatic carbocycles. The average Bonchev–Trinajstić information content (AvgIpc) is 2.93. The summed E-state index contributed by atoms with van der Waals surface area (Å²) < 4.78 is 10.1. The average molecular weight is 295 g/mol. The Morgan fingerprint density at radius 1 is 1.60 bits per heavy atom. The second-order valence-corrected chi connectivity index (χ2v) is 5.30. The standard InChI is InChI=1S/C14H17NO4S/c1-18-13(17)3-2-6-15-12(16)9-11-14-10(4-7-19-11)5-8-20-14/h2-3,5,8,11H,4,6-7,9H2,1H3,(H,15,16)/b3-2+. The minimum Gasteiger partial charge on any atom is -0.466 e. The number of fused-ring (bicyclic) bond motifs is 1. The van der Waals surface area contributed by atoms with Crippen molar-refractivity contribution in [2.75, 3.05) is 20.3 Å². The predicted octanol–water partition coefficient (Wildman–Crippen LogP) is 1.60. The third kappa shape index (κ3) is 3.91. The Morgan fingerprint density at radius 2 is 2.45 bits per heavy atom. The molecule has 0 saturated heterocycles. The molecule has 1 aliphatic rings. The van der Waals surface area contributed by atoms with Crippen molar-refractivity contribution in [3.8, 4) is 0 Å². The Kier molecular flexibility index (Phi) is 5.31. The first kappa shape index (κ1) is 14.7. The maximum atomic E-state index is 11.8. The molecule has 5 nitrogen and oxygen atoms in total. The highest BCUT2D eigenvalue weighted by molar-refractivity contribution is 7.10. The zero-order valence-electron chi connectivity index (χ0n) is 11.3. The molecule has 108 valence electrons. The molecule has 1 aromatic rings. The predicted molar refractivity (Wildman–Crippen MR) is 75.5 cm³/mol. The zero-order chi connectivity index (χ0) is 14.4. The summed E-state index contributed by atoms with van der Waals surface area (Å²) in [6, 6.07) is 2.09. The van der Waals surface area contributed by atoms with Crippen LogP contribution in [0, 0.1) is 0 Å². The van der Waals surface area contributed by atoms with E-state index in [0.29, 0.717) is 19.6 Å². The summed E-state index contributed by atoms with van der Waals surface area (Å²) in [7, 11) is 1.31. The molecule has 1 aromatic heterocycles. The van der Waals surface area contributed by atoms with Crippen LogP contribution in [0.25, 0.3) is 0 Å². The summed E-state index contributed by atoms with van der Waals surface area (Å²) >= 11 is 1.63. The van der Waals surface area contributed by atoms with Crippen molar-refractivity contribution < 1.29 is 19.1 Å². The van der Waals surface area contributed by atoms with Gasteiger partial charge in [-0.1, -0.05) is 6.08 Å². The highest BCUT2D eigenvalue weighted by Gasteiger charge is 2.24. The Balaban J connectivity index is 1.79. The second-order valence-electron chi connectivity index (χ2n) is 4.35. The lowest BCUT2D eigenvalue weighted by Gasteiger charge is -2.22. The summed E-state index contributed by atoms with van der Waals surface area (Å²) in [6.07, 6.45) is 3.91. The molecule has 1 amide bonds. The molecule has 2 rings (SSSR count). The number of methoxy groups -OCH3 is 1. The fraction of sp³-hybridized carbons (Fsp3) is 0.429. The normalized spacial score (nSPS) is 17.8. The lowest BCUT2D eigenvalue weighted by Crippen LogP contribution is -2.27. The number of ether oxygens (including phenoxy) is 2. The smallest absolute Gasteiger partial charge is 0.330 e. The SMILES string of the molecule is COC(=O)/C=C/CNC(=O)CC1OCCc2ccsc21. The molecule has 0 saturated carbocycles. The highest BCUT2D eigenvalue weighted by Crippen LogP contribution is 2.33. The van der Waals surface area contributed by atoms with Crippen LogP contribution < -0.4 is 5.32 Å². The first-order valence-corrected chi connectivity index (χ1v) is 7.27. The van der Waals surface area contributed by atoms with E-state index in [1.807, 2.05) is 5.38 Å². The largest absolute Gasteiger partial charge is 0.466 e. The molecule has 1 atom stereocenters. The van der Waals surface area contributed by atoms with Crippen LogP contribution in [-0.2, 0) is 25.5 Å². The van der Waals surface area contributed by atoms with Crippen molar-refractivity contribution in [1.82, 2.24) is 5.32 Å². The zero-order valence-corrected chi connectivity index (χ0v) is 12.1. The van der Waals surface area contributed by atoms with E-state index in [-0.39, 0.29) is 12.0 Å². The minimum absolute atomic E-state index is 0.0919. The fourth-order valence-corrected chi connectivity index (χ4v) is 3.01. The van der Waals surface area contributed by atoms with Crippen LogP contribution in [-0.4, -0.2) is 32.1 Å². The maximum Gasteiger partial charge on any atom is 0.330 e. The van der Waals surface area contributed by atoms with E-state index >= 15 is 0 Å². The summed E-state index contributed by atoms with van der Waals surface area (Å²) in [4.78, 5) is 23.8. The summed E-state index contributed by atoms with van der Waals surface area (Å²) in [5.74, 6) is -0.524. The van der Waals surface area contributed by atoms with Crippen LogP contribution in [0.2, 0.25) is 0 Å². The highest BCUT2D eigenvalue weighted by atomic mass is 32.1. The number of esters is 1. The van der Waals surface area contributed by atoms with Crippen LogP contribution in [0.3, 0.4) is 0 Å². The lowest BCUT2D eigenvalue weighted by atomic mass is 10.1. The number of hydrogen-bond donors (Lipinski definition) is 1. The molecule has 1 unspecified atom stereocenters. The van der Waals surface area contributed by atoms with Gasteiger partial charge in [0.25, 0.3) is 0 Å². The van der Waals surface area contributed by atoms with Gasteiger partial charge >= 0.3 is 5.97 Å². The number of thiophene rings is 1. The van der Waals surface area contributed by atoms with Crippen LogP contribution in [0.4, 0.5) is 0 Å². The monoisotopic (exact) mass is 295 g/mol. The first-order valence-electron chi connectivity index (χ1n) is 6.39. The fourth-order valence-electron chi connectivity index (χ4n) is 2.01. The van der Waals surface area contributed by atoms with Crippen LogP contribution in [0.15, 0.2) is 23.6 Å². The van der Waals surface area contributed by atoms with Crippen LogP contribution in [0.1, 0.15) is 23.0 Å². The molecule has 0 fully saturated rings. The van der Waals surface area contributed by atoms with Crippen LogP contribution in [0.5, 0.6) is 0 Å². The summed E-state index contributed by atoms with van der Waals surface area (Å²) in [5, 5.41) is 4.75. The Morgan fingerprint density at radius 3 is 3.25 bits per heavy atom. The van der Waals surface area contributed by atoms with Gasteiger partial charge < -0.3 is 14.8 Å². The van der Waals surface area contributed by atoms with Gasteiger partial charge in [-0.05, 0) is 23.4 Å². The molecule has 6 heteroatoms. The molecule has 2 heterocycles. The van der Waals surface area contributed by atoms with E-state index in [4.69, 9.17) is 4.74 Å². The lowest BCUT2D eigenvalue weighted by molar-refractivity contribution is -0.135. The van der Waals surface area contributed by atoms with E-state index in [0.717, 1.165) is 11.3 Å². The molecule has 0 bridgehead atoms. The van der Waals surface area contributed by atoms with Gasteiger partial charge in [-0.15, -0.1) is 11.3 Å². The molecule has 0 aromatic carbocycles. The number of hydrogen-bond acceptors (Lipinski definition) is 5. The summed E-state index contributed by atoms with van der Waals surface area (Å²) in [6.45, 7) is 0.960. The molecule has 20 heavy (non-hydrogen) atoms. The molecule has 1 aliphatic heterocycles. The van der Waals surface area contributed by atoms with Crippen molar-refractivity contribution >= 4 is 23.2 Å². The van der Waals surface area contributed by atoms with E-state index in [9.17, 15) is 9.59 Å². The number of carbonyl (C=O) groups is 2. The molecule has 1 N–H and O–H groups in total. The maximum absolute atomic E-state index is 11.8. The van der Waals surface area contributed by atoms with Crippen molar-refractivity contribution in [2.24, 2.45) is 0 Å². The molecule has 0 radical (unpaired) electrons. The van der Waals surface area contributed by atoms with Gasteiger partial charge in [0.2, 0.25) is 5.91 Å². The van der Waals surface area contributed by atoms with E-state index in [1.54, 1.807) is 17.4 Å². The van der Waals surface area contributed by atoms with Crippen molar-refractivity contribution in [3.63, 3.8) is 0 Å². The van der Waals surface area contributed by atoms with E-state index in [2.05, 4.69) is 16.1 Å². The number of amides is 1. The quantitative estimate of drug-likeness (QED) is 0.662. The number of rotatable bonds is 5. The van der Waals surface area contributed by atoms with Crippen molar-refractivity contribution in [2.45, 2.75) is 18.9 Å². The van der Waals surface area contributed by atoms with Gasteiger partial charge in [0.15, 0.2) is 0 Å². The first-order chi connectivity index (χ1) is 9.70. The Hall–Kier alpha value is -1.66. The molecular weight excluding hydrogens is 278 g/mol. The van der Waals surface area contributed by atoms with Crippen molar-refractivity contribution in [1.29, 1.82) is 0 Å². The second kappa shape index (κ2) is 7.21. The topological polar surface area (TPSA) is 64.6 Å². The van der Waals surface area contributed by atoms with E-state index < -0.39 is 5.97 Å². The van der Waals surface area contributed by atoms with Crippen molar-refractivity contribution in [3.05, 3.63) is 34.0 Å².